The van der Waals surface area contributed by atoms with Crippen molar-refractivity contribution in [2.24, 2.45) is 0 Å². The van der Waals surface area contributed by atoms with Crippen LogP contribution in [0.15, 0.2) is 0 Å². The molecule has 0 aliphatic carbocycles. The van der Waals surface area contributed by atoms with E-state index in [1.807, 2.05) is 0 Å². The minimum atomic E-state index is -1.79. The lowest BCUT2D eigenvalue weighted by molar-refractivity contribution is 0.248. The van der Waals surface area contributed by atoms with Gasteiger partial charge in [-0.3, -0.25) is 0 Å². The van der Waals surface area contributed by atoms with E-state index < -0.39 is 8.56 Å². The molecule has 0 saturated carbocycles. The summed E-state index contributed by atoms with van der Waals surface area (Å²) in [5.74, 6) is 0. The molecule has 0 N–H and O–H groups in total. The summed E-state index contributed by atoms with van der Waals surface area (Å²) in [6, 6.07) is 1.12. The van der Waals surface area contributed by atoms with Crippen molar-refractivity contribution in [3.63, 3.8) is 0 Å². The molecular weight excluding hydrogens is 226 g/mol. The first kappa shape index (κ1) is 14.5. The van der Waals surface area contributed by atoms with Gasteiger partial charge in [0.15, 0.2) is 0 Å². The second-order valence-corrected chi connectivity index (χ2v) is 11.2. The molecule has 0 spiro atoms. The first-order valence-corrected chi connectivity index (χ1v) is 12.1. The van der Waals surface area contributed by atoms with Gasteiger partial charge in [-0.15, -0.1) is 0 Å². The highest BCUT2D eigenvalue weighted by Gasteiger charge is 2.27. The van der Waals surface area contributed by atoms with E-state index in [1.54, 1.807) is 14.2 Å². The Morgan fingerprint density at radius 2 is 1.64 bits per heavy atom. The van der Waals surface area contributed by atoms with Gasteiger partial charge >= 0.3 is 8.56 Å². The Morgan fingerprint density at radius 3 is 2.00 bits per heavy atom. The normalized spacial score (nSPS) is 14.1. The smallest absolute Gasteiger partial charge is 0.334 e. The molecule has 0 aromatic rings. The maximum absolute atomic E-state index is 5.46. The van der Waals surface area contributed by atoms with Crippen LogP contribution in [0.1, 0.15) is 6.42 Å². The van der Waals surface area contributed by atoms with Crippen molar-refractivity contribution in [1.29, 1.82) is 0 Å². The van der Waals surface area contributed by atoms with Gasteiger partial charge in [0.25, 0.3) is 0 Å². The predicted molar refractivity (Wildman–Crippen MR) is 70.6 cm³/mol. The highest BCUT2D eigenvalue weighted by atomic mass is 28.4. The SMILES string of the molecule is CO[Si](C)(CCCN([SiH2]C)[SiH2]C)OC. The van der Waals surface area contributed by atoms with Crippen molar-refractivity contribution >= 4 is 27.9 Å². The van der Waals surface area contributed by atoms with Gasteiger partial charge in [-0.05, 0) is 25.6 Å². The fraction of sp³-hybridized carbons (Fsp3) is 1.00. The summed E-state index contributed by atoms with van der Waals surface area (Å²) in [6.45, 7) is 8.17. The second-order valence-electron chi connectivity index (χ2n) is 3.67. The van der Waals surface area contributed by atoms with Crippen molar-refractivity contribution in [1.82, 2.24) is 4.23 Å². The Morgan fingerprint density at radius 1 is 1.14 bits per heavy atom. The van der Waals surface area contributed by atoms with Crippen LogP contribution in [0.2, 0.25) is 25.7 Å². The first-order valence-electron chi connectivity index (χ1n) is 5.44. The molecule has 14 heavy (non-hydrogen) atoms. The zero-order valence-electron chi connectivity index (χ0n) is 10.3. The minimum Gasteiger partial charge on any atom is -0.398 e. The highest BCUT2D eigenvalue weighted by molar-refractivity contribution is 6.65. The lowest BCUT2D eigenvalue weighted by Crippen LogP contribution is -2.37. The van der Waals surface area contributed by atoms with Gasteiger partial charge in [0.05, 0.1) is 19.4 Å². The van der Waals surface area contributed by atoms with Crippen LogP contribution in [-0.4, -0.2) is 52.9 Å². The maximum Gasteiger partial charge on any atom is 0.334 e. The molecule has 0 bridgehead atoms. The summed E-state index contributed by atoms with van der Waals surface area (Å²) in [5.41, 5.74) is 0. The van der Waals surface area contributed by atoms with Crippen molar-refractivity contribution in [2.45, 2.75) is 32.1 Å². The summed E-state index contributed by atoms with van der Waals surface area (Å²) < 4.78 is 13.6. The van der Waals surface area contributed by atoms with E-state index in [0.717, 1.165) is 6.04 Å². The maximum atomic E-state index is 5.46. The third-order valence-corrected chi connectivity index (χ3v) is 11.0. The van der Waals surface area contributed by atoms with E-state index in [2.05, 4.69) is 23.9 Å². The molecule has 0 aromatic carbocycles. The Labute approximate surface area is 94.2 Å². The van der Waals surface area contributed by atoms with Gasteiger partial charge in [0.2, 0.25) is 0 Å². The fourth-order valence-corrected chi connectivity index (χ4v) is 5.69. The molecule has 86 valence electrons. The van der Waals surface area contributed by atoms with Crippen LogP contribution >= 0.6 is 0 Å². The molecule has 3 nitrogen and oxygen atoms in total. The molecule has 0 amide bonds. The molecule has 0 saturated heterocycles. The molecule has 0 fully saturated rings. The Hall–Kier alpha value is 0.531. The highest BCUT2D eigenvalue weighted by Crippen LogP contribution is 2.13. The molecule has 0 rings (SSSR count). The lowest BCUT2D eigenvalue weighted by Gasteiger charge is -2.24. The number of nitrogens with zero attached hydrogens (tertiary/aromatic N) is 1. The third kappa shape index (κ3) is 5.42. The van der Waals surface area contributed by atoms with Crippen LogP contribution in [0.5, 0.6) is 0 Å². The van der Waals surface area contributed by atoms with Gasteiger partial charge in [-0.25, -0.2) is 0 Å². The van der Waals surface area contributed by atoms with Crippen LogP contribution in [0.4, 0.5) is 0 Å². The number of rotatable bonds is 8. The number of hydrogen-bond donors (Lipinski definition) is 0. The number of hydrogen-bond acceptors (Lipinski definition) is 3. The van der Waals surface area contributed by atoms with Crippen molar-refractivity contribution in [2.75, 3.05) is 20.8 Å². The average molecular weight is 252 g/mol. The van der Waals surface area contributed by atoms with E-state index in [9.17, 15) is 0 Å². The molecule has 0 heterocycles. The van der Waals surface area contributed by atoms with Crippen LogP contribution in [0, 0.1) is 0 Å². The largest absolute Gasteiger partial charge is 0.398 e. The van der Waals surface area contributed by atoms with Gasteiger partial charge in [-0.1, -0.05) is 13.1 Å². The molecule has 0 radical (unpaired) electrons. The summed E-state index contributed by atoms with van der Waals surface area (Å²) in [6.07, 6.45) is 1.24. The summed E-state index contributed by atoms with van der Waals surface area (Å²) in [7, 11) is 1.92. The van der Waals surface area contributed by atoms with Gasteiger partial charge < -0.3 is 13.1 Å². The van der Waals surface area contributed by atoms with Crippen molar-refractivity contribution in [3.8, 4) is 0 Å². The molecule has 0 unspecified atom stereocenters. The predicted octanol–water partition coefficient (Wildman–Crippen LogP) is 0.307. The quantitative estimate of drug-likeness (QED) is 0.580. The van der Waals surface area contributed by atoms with Gasteiger partial charge in [-0.2, -0.15) is 0 Å². The summed E-state index contributed by atoms with van der Waals surface area (Å²) in [5, 5.41) is 0. The molecule has 0 aliphatic heterocycles. The Balaban J connectivity index is 3.70. The van der Waals surface area contributed by atoms with Crippen LogP contribution in [0.25, 0.3) is 0 Å². The minimum absolute atomic E-state index is 0.0801. The van der Waals surface area contributed by atoms with Gasteiger partial charge in [0.1, 0.15) is 0 Å². The molecule has 0 atom stereocenters. The molecule has 0 aliphatic rings. The average Bonchev–Trinajstić information content (AvgIpc) is 2.24. The van der Waals surface area contributed by atoms with Crippen LogP contribution < -0.4 is 0 Å². The van der Waals surface area contributed by atoms with E-state index in [-0.39, 0.29) is 19.4 Å². The van der Waals surface area contributed by atoms with Crippen molar-refractivity contribution < 1.29 is 8.85 Å². The third-order valence-electron chi connectivity index (χ3n) is 2.86. The van der Waals surface area contributed by atoms with Crippen molar-refractivity contribution in [3.05, 3.63) is 0 Å². The standard InChI is InChI=1S/C8H25NO2Si3/c1-10-14(5,11-2)8-6-7-9(12-3)13-4/h6-8,12-13H2,1-5H3. The monoisotopic (exact) mass is 251 g/mol. The van der Waals surface area contributed by atoms with E-state index >= 15 is 0 Å². The molecular formula is C8H25NO2Si3. The Bertz CT molecular complexity index is 141. The lowest BCUT2D eigenvalue weighted by atomic mass is 10.5. The van der Waals surface area contributed by atoms with Crippen LogP contribution in [0.3, 0.4) is 0 Å². The molecule has 6 heteroatoms. The molecule has 0 aromatic heterocycles. The van der Waals surface area contributed by atoms with Crippen LogP contribution in [-0.2, 0) is 8.85 Å². The van der Waals surface area contributed by atoms with Gasteiger partial charge in [0, 0.05) is 14.2 Å². The summed E-state index contributed by atoms with van der Waals surface area (Å²) >= 11 is 0. The topological polar surface area (TPSA) is 21.7 Å². The first-order chi connectivity index (χ1) is 6.61. The van der Waals surface area contributed by atoms with E-state index in [0.29, 0.717) is 0 Å². The summed E-state index contributed by atoms with van der Waals surface area (Å²) in [4.78, 5) is 0. The Kier molecular flexibility index (Phi) is 8.07. The second kappa shape index (κ2) is 7.77. The fourth-order valence-electron chi connectivity index (χ4n) is 1.45. The zero-order valence-corrected chi connectivity index (χ0v) is 14.1. The van der Waals surface area contributed by atoms with E-state index in [1.165, 1.54) is 13.0 Å². The zero-order chi connectivity index (χ0) is 11.0. The van der Waals surface area contributed by atoms with E-state index in [4.69, 9.17) is 8.85 Å².